The van der Waals surface area contributed by atoms with Gasteiger partial charge in [0.15, 0.2) is 23.2 Å². The van der Waals surface area contributed by atoms with Gasteiger partial charge in [0.05, 0.1) is 0 Å². The second-order valence-corrected chi connectivity index (χ2v) is 10.2. The first-order valence-corrected chi connectivity index (χ1v) is 13.6. The predicted octanol–water partition coefficient (Wildman–Crippen LogP) is 2.68. The Hall–Kier alpha value is -4.23. The Morgan fingerprint density at radius 2 is 1.46 bits per heavy atom. The molecule has 1 N–H and O–H groups in total. The fraction of sp³-hybridized carbons (Fsp3) is 0.357. The molecule has 0 saturated carbocycles. The molecule has 1 aliphatic heterocycles. The third-order valence-electron chi connectivity index (χ3n) is 5.97. The first-order valence-electron chi connectivity index (χ1n) is 12.8. The average Bonchev–Trinajstić information content (AvgIpc) is 3.34. The summed E-state index contributed by atoms with van der Waals surface area (Å²) >= 11 is 1.12. The van der Waals surface area contributed by atoms with Crippen LogP contribution in [0.4, 0.5) is 0 Å². The molecular formula is C28H30N4O8S. The summed E-state index contributed by atoms with van der Waals surface area (Å²) in [5.41, 5.74) is 0.654. The van der Waals surface area contributed by atoms with Crippen LogP contribution in [0.1, 0.15) is 27.7 Å². The van der Waals surface area contributed by atoms with Crippen molar-refractivity contribution in [3.05, 3.63) is 60.7 Å². The van der Waals surface area contributed by atoms with Crippen LogP contribution in [0.5, 0.6) is 0 Å². The lowest BCUT2D eigenvalue weighted by atomic mass is 9.97. The van der Waals surface area contributed by atoms with Gasteiger partial charge in [-0.1, -0.05) is 60.3 Å². The molecule has 5 atom stereocenters. The first kappa shape index (κ1) is 29.7. The molecule has 0 aliphatic carbocycles. The van der Waals surface area contributed by atoms with Crippen molar-refractivity contribution in [2.45, 2.75) is 62.6 Å². The lowest BCUT2D eigenvalue weighted by molar-refractivity contribution is -0.211. The topological polar surface area (TPSA) is 148 Å². The highest BCUT2D eigenvalue weighted by Crippen LogP contribution is 2.37. The Balaban J connectivity index is 1.79. The van der Waals surface area contributed by atoms with Gasteiger partial charge < -0.3 is 24.3 Å². The van der Waals surface area contributed by atoms with Gasteiger partial charge in [-0.15, -0.1) is 10.2 Å². The van der Waals surface area contributed by atoms with E-state index < -0.39 is 53.6 Å². The molecule has 1 aromatic heterocycles. The zero-order valence-corrected chi connectivity index (χ0v) is 23.7. The lowest BCUT2D eigenvalue weighted by Gasteiger charge is -2.44. The molecule has 12 nitrogen and oxygen atoms in total. The highest BCUT2D eigenvalue weighted by Gasteiger charge is 2.51. The summed E-state index contributed by atoms with van der Waals surface area (Å²) in [5.74, 6) is -1.79. The van der Waals surface area contributed by atoms with Crippen LogP contribution in [0.15, 0.2) is 65.8 Å². The molecule has 4 rings (SSSR count). The van der Waals surface area contributed by atoms with E-state index in [0.29, 0.717) is 11.0 Å². The van der Waals surface area contributed by atoms with Gasteiger partial charge in [-0.2, -0.15) is 0 Å². The van der Waals surface area contributed by atoms with Crippen LogP contribution in [0.2, 0.25) is 0 Å². The number of hydrogen-bond donors (Lipinski definition) is 1. The monoisotopic (exact) mass is 582 g/mol. The van der Waals surface area contributed by atoms with E-state index in [4.69, 9.17) is 18.9 Å². The largest absolute Gasteiger partial charge is 0.463 e. The second kappa shape index (κ2) is 13.4. The Labute approximate surface area is 240 Å². The smallest absolute Gasteiger partial charge is 0.303 e. The summed E-state index contributed by atoms with van der Waals surface area (Å²) in [6.07, 6.45) is -3.39. The minimum Gasteiger partial charge on any atom is -0.463 e. The maximum absolute atomic E-state index is 12.3. The van der Waals surface area contributed by atoms with Crippen molar-refractivity contribution in [1.82, 2.24) is 20.1 Å². The number of carbonyl (C=O) groups excluding carboxylic acids is 4. The Bertz CT molecular complexity index is 1380. The van der Waals surface area contributed by atoms with Gasteiger partial charge in [0, 0.05) is 38.9 Å². The molecule has 0 radical (unpaired) electrons. The quantitative estimate of drug-likeness (QED) is 0.293. The van der Waals surface area contributed by atoms with Crippen molar-refractivity contribution in [2.24, 2.45) is 0 Å². The number of para-hydroxylation sites is 1. The minimum atomic E-state index is -1.18. The number of rotatable bonds is 9. The highest BCUT2D eigenvalue weighted by atomic mass is 32.2. The Kier molecular flexibility index (Phi) is 9.73. The zero-order valence-electron chi connectivity index (χ0n) is 22.9. The molecular weight excluding hydrogens is 552 g/mol. The van der Waals surface area contributed by atoms with Gasteiger partial charge in [0.1, 0.15) is 24.2 Å². The molecule has 41 heavy (non-hydrogen) atoms. The van der Waals surface area contributed by atoms with Crippen LogP contribution >= 0.6 is 11.8 Å². The van der Waals surface area contributed by atoms with Gasteiger partial charge in [0.2, 0.25) is 5.91 Å². The molecule has 1 amide bonds. The van der Waals surface area contributed by atoms with Crippen LogP contribution in [0.3, 0.4) is 0 Å². The van der Waals surface area contributed by atoms with Crippen molar-refractivity contribution in [3.63, 3.8) is 0 Å². The summed E-state index contributed by atoms with van der Waals surface area (Å²) in [6.45, 7) is 4.63. The van der Waals surface area contributed by atoms with E-state index in [1.165, 1.54) is 27.7 Å². The fourth-order valence-electron chi connectivity index (χ4n) is 4.43. The first-order chi connectivity index (χ1) is 19.6. The summed E-state index contributed by atoms with van der Waals surface area (Å²) in [6, 6.07) is 18.0. The number of carbonyl (C=O) groups is 4. The summed E-state index contributed by atoms with van der Waals surface area (Å²) in [7, 11) is 0. The molecule has 1 saturated heterocycles. The molecule has 0 unspecified atom stereocenters. The summed E-state index contributed by atoms with van der Waals surface area (Å²) in [4.78, 5) is 48.2. The molecule has 1 aliphatic rings. The van der Waals surface area contributed by atoms with E-state index in [-0.39, 0.29) is 6.61 Å². The highest BCUT2D eigenvalue weighted by molar-refractivity contribution is 7.99. The Morgan fingerprint density at radius 3 is 2.05 bits per heavy atom. The van der Waals surface area contributed by atoms with E-state index in [2.05, 4.69) is 15.5 Å². The maximum Gasteiger partial charge on any atom is 0.303 e. The van der Waals surface area contributed by atoms with E-state index in [1.54, 1.807) is 0 Å². The van der Waals surface area contributed by atoms with Crippen molar-refractivity contribution in [1.29, 1.82) is 0 Å². The van der Waals surface area contributed by atoms with Gasteiger partial charge in [0.25, 0.3) is 0 Å². The van der Waals surface area contributed by atoms with Crippen molar-refractivity contribution >= 4 is 35.6 Å². The van der Waals surface area contributed by atoms with E-state index in [9.17, 15) is 19.2 Å². The maximum atomic E-state index is 12.3. The molecule has 2 heterocycles. The molecule has 13 heteroatoms. The molecule has 2 aromatic carbocycles. The van der Waals surface area contributed by atoms with Gasteiger partial charge in [-0.25, -0.2) is 0 Å². The number of benzene rings is 2. The van der Waals surface area contributed by atoms with Crippen LogP contribution in [-0.2, 0) is 38.1 Å². The van der Waals surface area contributed by atoms with E-state index in [1.807, 2.05) is 65.2 Å². The normalized spacial score (nSPS) is 21.9. The zero-order chi connectivity index (χ0) is 29.5. The van der Waals surface area contributed by atoms with Gasteiger partial charge in [-0.3, -0.25) is 23.7 Å². The van der Waals surface area contributed by atoms with Crippen LogP contribution < -0.4 is 5.32 Å². The molecule has 1 fully saturated rings. The summed E-state index contributed by atoms with van der Waals surface area (Å²) in [5, 5.41) is 12.1. The number of nitrogens with one attached hydrogen (secondary N) is 1. The van der Waals surface area contributed by atoms with Crippen molar-refractivity contribution < 1.29 is 38.1 Å². The number of nitrogens with zero attached hydrogens (tertiary/aromatic N) is 3. The SMILES string of the molecule is CC(=O)N[C@H]1[C@@H](OC(C)=O)[C@H](OC(C)=O)[C@@H](COC(C)=O)O[C@H]1Sc1nnc(-c2ccccc2)n1-c1ccccc1. The van der Waals surface area contributed by atoms with Gasteiger partial charge in [-0.05, 0) is 12.1 Å². The predicted molar refractivity (Wildman–Crippen MR) is 147 cm³/mol. The molecule has 216 valence electrons. The second-order valence-electron chi connectivity index (χ2n) is 9.18. The molecule has 0 bridgehead atoms. The number of aromatic nitrogens is 3. The summed E-state index contributed by atoms with van der Waals surface area (Å²) < 4.78 is 24.4. The third kappa shape index (κ3) is 7.50. The number of hydrogen-bond acceptors (Lipinski definition) is 11. The molecule has 0 spiro atoms. The van der Waals surface area contributed by atoms with Crippen LogP contribution in [0.25, 0.3) is 17.1 Å². The lowest BCUT2D eigenvalue weighted by Crippen LogP contribution is -2.65. The number of thioether (sulfide) groups is 1. The number of esters is 3. The minimum absolute atomic E-state index is 0.296. The number of amides is 1. The Morgan fingerprint density at radius 1 is 0.854 bits per heavy atom. The third-order valence-corrected chi connectivity index (χ3v) is 7.08. The average molecular weight is 583 g/mol. The van der Waals surface area contributed by atoms with Crippen LogP contribution in [0, 0.1) is 0 Å². The van der Waals surface area contributed by atoms with Crippen molar-refractivity contribution in [2.75, 3.05) is 6.61 Å². The molecule has 3 aromatic rings. The van der Waals surface area contributed by atoms with E-state index >= 15 is 0 Å². The van der Waals surface area contributed by atoms with E-state index in [0.717, 1.165) is 23.0 Å². The van der Waals surface area contributed by atoms with Crippen LogP contribution in [-0.4, -0.2) is 75.0 Å². The standard InChI is InChI=1S/C28H30N4O8S/c1-16(33)29-23-25(39-19(4)36)24(38-18(3)35)22(15-37-17(2)34)40-27(23)41-28-31-30-26(20-11-7-5-8-12-20)32(28)21-13-9-6-10-14-21/h5-14,22-25,27H,15H2,1-4H3,(H,29,33)/t22-,23+,24-,25-,27+/m1/s1. The van der Waals surface area contributed by atoms with Gasteiger partial charge >= 0.3 is 17.9 Å². The fourth-order valence-corrected chi connectivity index (χ4v) is 5.59. The number of ether oxygens (including phenoxy) is 4. The van der Waals surface area contributed by atoms with Crippen molar-refractivity contribution in [3.8, 4) is 17.1 Å².